The molecule has 3 rings (SSSR count). The van der Waals surface area contributed by atoms with Crippen LogP contribution in [0.15, 0.2) is 35.7 Å². The lowest BCUT2D eigenvalue weighted by Crippen LogP contribution is -2.26. The van der Waals surface area contributed by atoms with Gasteiger partial charge in [0.1, 0.15) is 5.92 Å². The third-order valence-electron chi connectivity index (χ3n) is 4.05. The fourth-order valence-corrected chi connectivity index (χ4v) is 4.24. The van der Waals surface area contributed by atoms with Crippen molar-refractivity contribution in [3.05, 3.63) is 57.3 Å². The van der Waals surface area contributed by atoms with E-state index < -0.39 is 11.9 Å². The first-order chi connectivity index (χ1) is 10.2. The van der Waals surface area contributed by atoms with Gasteiger partial charge in [0.2, 0.25) is 0 Å². The van der Waals surface area contributed by atoms with Gasteiger partial charge in [0.05, 0.1) is 12.0 Å². The second-order valence-electron chi connectivity index (χ2n) is 5.11. The molecule has 0 N–H and O–H groups in total. The number of fused-ring (bicyclic) bond motifs is 1. The predicted octanol–water partition coefficient (Wildman–Crippen LogP) is 3.43. The van der Waals surface area contributed by atoms with Gasteiger partial charge in [-0.2, -0.15) is 0 Å². The number of esters is 1. The first-order valence-corrected chi connectivity index (χ1v) is 7.84. The third-order valence-corrected chi connectivity index (χ3v) is 5.11. The maximum absolute atomic E-state index is 12.6. The Balaban J connectivity index is 2.18. The summed E-state index contributed by atoms with van der Waals surface area (Å²) in [7, 11) is 1.34. The molecule has 1 aliphatic carbocycles. The molecule has 0 saturated heterocycles. The highest BCUT2D eigenvalue weighted by atomic mass is 32.1. The van der Waals surface area contributed by atoms with Gasteiger partial charge < -0.3 is 4.74 Å². The molecule has 4 heteroatoms. The van der Waals surface area contributed by atoms with Crippen molar-refractivity contribution in [3.63, 3.8) is 0 Å². The summed E-state index contributed by atoms with van der Waals surface area (Å²) in [6.45, 7) is 2.07. The number of aryl methyl sites for hydroxylation is 1. The minimum atomic E-state index is -0.745. The van der Waals surface area contributed by atoms with Crippen LogP contribution in [0.2, 0.25) is 0 Å². The predicted molar refractivity (Wildman–Crippen MR) is 81.8 cm³/mol. The minimum Gasteiger partial charge on any atom is -0.468 e. The van der Waals surface area contributed by atoms with Crippen molar-refractivity contribution in [2.75, 3.05) is 7.11 Å². The fraction of sp³-hybridized carbons (Fsp3) is 0.294. The van der Waals surface area contributed by atoms with Gasteiger partial charge in [-0.05, 0) is 28.5 Å². The normalized spacial score (nSPS) is 20.4. The molecule has 0 aliphatic heterocycles. The summed E-state index contributed by atoms with van der Waals surface area (Å²) in [6, 6.07) is 9.75. The monoisotopic (exact) mass is 300 g/mol. The zero-order valence-corrected chi connectivity index (χ0v) is 12.8. The van der Waals surface area contributed by atoms with Gasteiger partial charge in [0.25, 0.3) is 0 Å². The molecule has 108 valence electrons. The van der Waals surface area contributed by atoms with Gasteiger partial charge in [-0.1, -0.05) is 37.3 Å². The molecule has 0 radical (unpaired) electrons. The van der Waals surface area contributed by atoms with Crippen LogP contribution in [0.5, 0.6) is 0 Å². The molecule has 0 unspecified atom stereocenters. The van der Waals surface area contributed by atoms with Crippen LogP contribution >= 0.6 is 11.3 Å². The molecule has 1 aliphatic rings. The van der Waals surface area contributed by atoms with Crippen LogP contribution in [0.3, 0.4) is 0 Å². The number of methoxy groups -OCH3 is 1. The number of hydrogen-bond donors (Lipinski definition) is 0. The summed E-state index contributed by atoms with van der Waals surface area (Å²) < 4.78 is 4.88. The van der Waals surface area contributed by atoms with E-state index in [0.717, 1.165) is 28.0 Å². The average Bonchev–Trinajstić information content (AvgIpc) is 3.06. The Bertz CT molecular complexity index is 687. The largest absolute Gasteiger partial charge is 0.468 e. The van der Waals surface area contributed by atoms with Crippen LogP contribution in [0.1, 0.15) is 39.2 Å². The van der Waals surface area contributed by atoms with Gasteiger partial charge in [0, 0.05) is 5.92 Å². The Morgan fingerprint density at radius 1 is 1.29 bits per heavy atom. The molecule has 0 spiro atoms. The molecule has 2 atom stereocenters. The Kier molecular flexibility index (Phi) is 3.64. The van der Waals surface area contributed by atoms with E-state index >= 15 is 0 Å². The number of hydrogen-bond acceptors (Lipinski definition) is 4. The lowest BCUT2D eigenvalue weighted by molar-refractivity contribution is -0.143. The van der Waals surface area contributed by atoms with Gasteiger partial charge >= 0.3 is 5.97 Å². The SMILES string of the molecule is CCc1csc2c1[C@H](c1ccccc1)[C@H](C(=O)OC)C2=O. The highest BCUT2D eigenvalue weighted by Crippen LogP contribution is 2.47. The summed E-state index contributed by atoms with van der Waals surface area (Å²) in [5, 5.41) is 2.03. The number of carbonyl (C=O) groups is 2. The van der Waals surface area contributed by atoms with Gasteiger partial charge in [-0.25, -0.2) is 0 Å². The molecular weight excluding hydrogens is 284 g/mol. The molecule has 2 aromatic rings. The molecule has 1 aromatic heterocycles. The van der Waals surface area contributed by atoms with Crippen molar-refractivity contribution in [2.45, 2.75) is 19.3 Å². The topological polar surface area (TPSA) is 43.4 Å². The number of benzene rings is 1. The number of rotatable bonds is 3. The van der Waals surface area contributed by atoms with E-state index in [1.54, 1.807) is 0 Å². The van der Waals surface area contributed by atoms with Crippen molar-refractivity contribution < 1.29 is 14.3 Å². The van der Waals surface area contributed by atoms with Crippen molar-refractivity contribution in [1.82, 2.24) is 0 Å². The zero-order chi connectivity index (χ0) is 15.0. The summed E-state index contributed by atoms with van der Waals surface area (Å²) in [4.78, 5) is 25.5. The molecule has 0 amide bonds. The van der Waals surface area contributed by atoms with E-state index in [2.05, 4.69) is 6.92 Å². The summed E-state index contributed by atoms with van der Waals surface area (Å²) in [5.41, 5.74) is 3.17. The first-order valence-electron chi connectivity index (χ1n) is 6.96. The van der Waals surface area contributed by atoms with Gasteiger partial charge in [-0.3, -0.25) is 9.59 Å². The van der Waals surface area contributed by atoms with Gasteiger partial charge in [-0.15, -0.1) is 11.3 Å². The van der Waals surface area contributed by atoms with Crippen LogP contribution in [0.25, 0.3) is 0 Å². The minimum absolute atomic E-state index is 0.101. The maximum Gasteiger partial charge on any atom is 0.317 e. The van der Waals surface area contributed by atoms with Crippen LogP contribution in [-0.2, 0) is 16.0 Å². The molecular formula is C17H16O3S. The number of ketones is 1. The van der Waals surface area contributed by atoms with Crippen LogP contribution < -0.4 is 0 Å². The smallest absolute Gasteiger partial charge is 0.317 e. The zero-order valence-electron chi connectivity index (χ0n) is 12.0. The van der Waals surface area contributed by atoms with Crippen molar-refractivity contribution >= 4 is 23.1 Å². The molecule has 21 heavy (non-hydrogen) atoms. The number of Topliss-reactive ketones (excluding diaryl/α,β-unsaturated/α-hetero) is 1. The lowest BCUT2D eigenvalue weighted by atomic mass is 9.84. The van der Waals surface area contributed by atoms with Gasteiger partial charge in [0.15, 0.2) is 5.78 Å². The summed E-state index contributed by atoms with van der Waals surface area (Å²) in [5.74, 6) is -1.51. The number of ether oxygens (including phenoxy) is 1. The highest BCUT2D eigenvalue weighted by molar-refractivity contribution is 7.12. The van der Waals surface area contributed by atoms with E-state index in [1.807, 2.05) is 35.7 Å². The van der Waals surface area contributed by atoms with E-state index in [-0.39, 0.29) is 11.7 Å². The number of carbonyl (C=O) groups excluding carboxylic acids is 2. The van der Waals surface area contributed by atoms with E-state index in [9.17, 15) is 9.59 Å². The molecule has 1 aromatic carbocycles. The second kappa shape index (κ2) is 5.45. The fourth-order valence-electron chi connectivity index (χ4n) is 3.06. The summed E-state index contributed by atoms with van der Waals surface area (Å²) in [6.07, 6.45) is 0.857. The Hall–Kier alpha value is -1.94. The molecule has 0 bridgehead atoms. The molecule has 0 fully saturated rings. The maximum atomic E-state index is 12.6. The second-order valence-corrected chi connectivity index (χ2v) is 5.99. The summed E-state index contributed by atoms with van der Waals surface area (Å²) >= 11 is 1.44. The van der Waals surface area contributed by atoms with Crippen LogP contribution in [-0.4, -0.2) is 18.9 Å². The quantitative estimate of drug-likeness (QED) is 0.644. The Morgan fingerprint density at radius 2 is 2.00 bits per heavy atom. The lowest BCUT2D eigenvalue weighted by Gasteiger charge is -2.19. The van der Waals surface area contributed by atoms with Crippen molar-refractivity contribution in [1.29, 1.82) is 0 Å². The average molecular weight is 300 g/mol. The standard InChI is InChI=1S/C17H16O3S/c1-3-10-9-21-16-13(10)12(11-7-5-4-6-8-11)14(15(16)18)17(19)20-2/h4-9,12,14H,3H2,1-2H3/t12-,14-/m0/s1. The molecule has 0 saturated carbocycles. The Labute approximate surface area is 127 Å². The van der Waals surface area contributed by atoms with E-state index in [4.69, 9.17) is 4.74 Å². The van der Waals surface area contributed by atoms with Crippen LogP contribution in [0.4, 0.5) is 0 Å². The Morgan fingerprint density at radius 3 is 2.62 bits per heavy atom. The van der Waals surface area contributed by atoms with Crippen molar-refractivity contribution in [3.8, 4) is 0 Å². The highest BCUT2D eigenvalue weighted by Gasteiger charge is 2.47. The molecule has 1 heterocycles. The first kappa shape index (κ1) is 14.0. The number of thiophene rings is 1. The molecule has 3 nitrogen and oxygen atoms in total. The van der Waals surface area contributed by atoms with Crippen molar-refractivity contribution in [2.24, 2.45) is 5.92 Å². The van der Waals surface area contributed by atoms with E-state index in [0.29, 0.717) is 0 Å². The van der Waals surface area contributed by atoms with E-state index in [1.165, 1.54) is 18.4 Å². The van der Waals surface area contributed by atoms with Crippen LogP contribution in [0, 0.1) is 5.92 Å². The third kappa shape index (κ3) is 2.10.